The van der Waals surface area contributed by atoms with E-state index in [0.29, 0.717) is 17.5 Å². The number of fused-ring (bicyclic) bond motifs is 2. The highest BCUT2D eigenvalue weighted by Crippen LogP contribution is 2.40. The van der Waals surface area contributed by atoms with Crippen molar-refractivity contribution < 1.29 is 14.7 Å². The van der Waals surface area contributed by atoms with Crippen molar-refractivity contribution in [3.63, 3.8) is 0 Å². The minimum atomic E-state index is -0.746. The molecule has 1 aliphatic carbocycles. The van der Waals surface area contributed by atoms with Crippen LogP contribution in [-0.2, 0) is 6.42 Å². The summed E-state index contributed by atoms with van der Waals surface area (Å²) in [5.74, 6) is -0.646. The fourth-order valence-electron chi connectivity index (χ4n) is 3.32. The van der Waals surface area contributed by atoms with Crippen molar-refractivity contribution in [3.05, 3.63) is 70.8 Å². The molecule has 2 aromatic carbocycles. The van der Waals surface area contributed by atoms with Crippen molar-refractivity contribution in [2.75, 3.05) is 0 Å². The number of nitrogens with zero attached hydrogens (tertiary/aromatic N) is 1. The number of hydrogen-bond donors (Lipinski definition) is 1. The van der Waals surface area contributed by atoms with Gasteiger partial charge in [-0.15, -0.1) is 0 Å². The summed E-state index contributed by atoms with van der Waals surface area (Å²) >= 11 is 0. The molecule has 2 aliphatic rings. The van der Waals surface area contributed by atoms with Gasteiger partial charge in [0.15, 0.2) is 0 Å². The molecular formula is C17H13NO3. The van der Waals surface area contributed by atoms with E-state index in [1.54, 1.807) is 24.3 Å². The lowest BCUT2D eigenvalue weighted by Crippen LogP contribution is -2.38. The topological polar surface area (TPSA) is 57.6 Å². The molecule has 104 valence electrons. The molecule has 1 N–H and O–H groups in total. The predicted molar refractivity (Wildman–Crippen MR) is 75.8 cm³/mol. The van der Waals surface area contributed by atoms with E-state index in [4.69, 9.17) is 0 Å². The highest BCUT2D eigenvalue weighted by Gasteiger charge is 2.45. The number of benzene rings is 2. The second-order valence-electron chi connectivity index (χ2n) is 5.44. The summed E-state index contributed by atoms with van der Waals surface area (Å²) in [6, 6.07) is 13.8. The SMILES string of the molecule is O=C1c2ccccc2C(=O)N1[C@H]1c2ccccc2C[C@@H]1O. The van der Waals surface area contributed by atoms with E-state index in [0.717, 1.165) is 11.1 Å². The molecule has 0 fully saturated rings. The number of amides is 2. The number of imide groups is 1. The molecule has 0 unspecified atom stereocenters. The number of aliphatic hydroxyl groups is 1. The van der Waals surface area contributed by atoms with Crippen LogP contribution in [0.1, 0.15) is 37.9 Å². The van der Waals surface area contributed by atoms with Crippen LogP contribution in [0.4, 0.5) is 0 Å². The molecule has 2 atom stereocenters. The zero-order valence-electron chi connectivity index (χ0n) is 11.2. The van der Waals surface area contributed by atoms with Gasteiger partial charge in [0.1, 0.15) is 0 Å². The number of carbonyl (C=O) groups is 2. The Morgan fingerprint density at radius 2 is 1.48 bits per heavy atom. The van der Waals surface area contributed by atoms with Crippen LogP contribution < -0.4 is 0 Å². The summed E-state index contributed by atoms with van der Waals surface area (Å²) < 4.78 is 0. The van der Waals surface area contributed by atoms with Gasteiger partial charge in [-0.1, -0.05) is 36.4 Å². The molecule has 1 aliphatic heterocycles. The van der Waals surface area contributed by atoms with Crippen molar-refractivity contribution >= 4 is 11.8 Å². The van der Waals surface area contributed by atoms with Crippen LogP contribution in [-0.4, -0.2) is 27.9 Å². The molecule has 1 heterocycles. The minimum absolute atomic E-state index is 0.323. The summed E-state index contributed by atoms with van der Waals surface area (Å²) in [6.45, 7) is 0. The normalized spacial score (nSPS) is 23.4. The van der Waals surface area contributed by atoms with E-state index in [1.165, 1.54) is 4.90 Å². The van der Waals surface area contributed by atoms with E-state index in [2.05, 4.69) is 0 Å². The van der Waals surface area contributed by atoms with Gasteiger partial charge in [-0.2, -0.15) is 0 Å². The first-order valence-electron chi connectivity index (χ1n) is 6.91. The molecule has 0 saturated heterocycles. The fourth-order valence-corrected chi connectivity index (χ4v) is 3.32. The number of carbonyl (C=O) groups excluding carboxylic acids is 2. The second kappa shape index (κ2) is 4.27. The smallest absolute Gasteiger partial charge is 0.262 e. The van der Waals surface area contributed by atoms with Gasteiger partial charge in [-0.25, -0.2) is 0 Å². The molecule has 2 aromatic rings. The minimum Gasteiger partial charge on any atom is -0.390 e. The van der Waals surface area contributed by atoms with Gasteiger partial charge in [-0.3, -0.25) is 14.5 Å². The average molecular weight is 279 g/mol. The summed E-state index contributed by atoms with van der Waals surface area (Å²) in [6.07, 6.45) is -0.279. The van der Waals surface area contributed by atoms with Gasteiger partial charge >= 0.3 is 0 Å². The maximum atomic E-state index is 12.5. The Morgan fingerprint density at radius 1 is 0.905 bits per heavy atom. The van der Waals surface area contributed by atoms with E-state index in [-0.39, 0.29) is 11.8 Å². The zero-order chi connectivity index (χ0) is 14.6. The molecule has 21 heavy (non-hydrogen) atoms. The van der Waals surface area contributed by atoms with Gasteiger partial charge in [0.2, 0.25) is 0 Å². The van der Waals surface area contributed by atoms with Gasteiger partial charge in [0, 0.05) is 6.42 Å². The van der Waals surface area contributed by atoms with Crippen LogP contribution in [0.3, 0.4) is 0 Å². The summed E-state index contributed by atoms with van der Waals surface area (Å²) in [4.78, 5) is 26.3. The number of aliphatic hydroxyl groups excluding tert-OH is 1. The van der Waals surface area contributed by atoms with Crippen molar-refractivity contribution in [2.45, 2.75) is 18.6 Å². The quantitative estimate of drug-likeness (QED) is 0.812. The molecule has 4 nitrogen and oxygen atoms in total. The third-order valence-electron chi connectivity index (χ3n) is 4.27. The van der Waals surface area contributed by atoms with Crippen LogP contribution in [0.25, 0.3) is 0 Å². The van der Waals surface area contributed by atoms with Crippen molar-refractivity contribution in [1.29, 1.82) is 0 Å². The summed E-state index contributed by atoms with van der Waals surface area (Å²) in [5.41, 5.74) is 2.68. The van der Waals surface area contributed by atoms with Crippen molar-refractivity contribution in [1.82, 2.24) is 4.90 Å². The van der Waals surface area contributed by atoms with E-state index in [9.17, 15) is 14.7 Å². The Morgan fingerprint density at radius 3 is 2.14 bits per heavy atom. The third-order valence-corrected chi connectivity index (χ3v) is 4.27. The summed E-state index contributed by atoms with van der Waals surface area (Å²) in [5, 5.41) is 10.3. The zero-order valence-corrected chi connectivity index (χ0v) is 11.2. The van der Waals surface area contributed by atoms with Crippen LogP contribution in [0.2, 0.25) is 0 Å². The van der Waals surface area contributed by atoms with Crippen LogP contribution in [0.15, 0.2) is 48.5 Å². The molecule has 4 rings (SSSR count). The predicted octanol–water partition coefficient (Wildman–Crippen LogP) is 1.94. The fraction of sp³-hybridized carbons (Fsp3) is 0.176. The Balaban J connectivity index is 1.83. The lowest BCUT2D eigenvalue weighted by atomic mass is 10.1. The number of rotatable bonds is 1. The first kappa shape index (κ1) is 12.3. The molecule has 0 radical (unpaired) electrons. The van der Waals surface area contributed by atoms with E-state index < -0.39 is 12.1 Å². The average Bonchev–Trinajstić information content (AvgIpc) is 2.95. The van der Waals surface area contributed by atoms with Crippen LogP contribution >= 0.6 is 0 Å². The lowest BCUT2D eigenvalue weighted by molar-refractivity contribution is 0.0382. The van der Waals surface area contributed by atoms with E-state index in [1.807, 2.05) is 24.3 Å². The van der Waals surface area contributed by atoms with E-state index >= 15 is 0 Å². The highest BCUT2D eigenvalue weighted by molar-refractivity contribution is 6.21. The molecule has 0 bridgehead atoms. The summed E-state index contributed by atoms with van der Waals surface area (Å²) in [7, 11) is 0. The van der Waals surface area contributed by atoms with Gasteiger partial charge in [0.05, 0.1) is 23.3 Å². The Labute approximate surface area is 121 Å². The molecule has 2 amide bonds. The van der Waals surface area contributed by atoms with Crippen molar-refractivity contribution in [2.24, 2.45) is 0 Å². The molecule has 0 aromatic heterocycles. The Bertz CT molecular complexity index is 733. The molecule has 0 spiro atoms. The first-order chi connectivity index (χ1) is 10.2. The first-order valence-corrected chi connectivity index (χ1v) is 6.91. The standard InChI is InChI=1S/C17H13NO3/c19-14-9-10-5-1-2-6-11(10)15(14)18-16(20)12-7-3-4-8-13(12)17(18)21/h1-8,14-15,19H,9H2/t14-,15-/m0/s1. The number of hydrogen-bond acceptors (Lipinski definition) is 3. The van der Waals surface area contributed by atoms with Gasteiger partial charge < -0.3 is 5.11 Å². The third kappa shape index (κ3) is 1.59. The molecule has 4 heteroatoms. The Hall–Kier alpha value is -2.46. The molecular weight excluding hydrogens is 266 g/mol. The van der Waals surface area contributed by atoms with Crippen molar-refractivity contribution in [3.8, 4) is 0 Å². The maximum absolute atomic E-state index is 12.5. The van der Waals surface area contributed by atoms with Crippen LogP contribution in [0, 0.1) is 0 Å². The monoisotopic (exact) mass is 279 g/mol. The van der Waals surface area contributed by atoms with Gasteiger partial charge in [-0.05, 0) is 23.3 Å². The maximum Gasteiger partial charge on any atom is 0.262 e. The molecule has 0 saturated carbocycles. The largest absolute Gasteiger partial charge is 0.390 e. The second-order valence-corrected chi connectivity index (χ2v) is 5.44. The van der Waals surface area contributed by atoms with Gasteiger partial charge in [0.25, 0.3) is 11.8 Å². The lowest BCUT2D eigenvalue weighted by Gasteiger charge is -2.25. The Kier molecular flexibility index (Phi) is 2.50. The van der Waals surface area contributed by atoms with Crippen LogP contribution in [0.5, 0.6) is 0 Å². The highest BCUT2D eigenvalue weighted by atomic mass is 16.3.